The summed E-state index contributed by atoms with van der Waals surface area (Å²) < 4.78 is 4.73. The molecule has 0 unspecified atom stereocenters. The molecule has 1 fully saturated rings. The minimum absolute atomic E-state index is 0.173. The van der Waals surface area contributed by atoms with Crippen LogP contribution in [0.4, 0.5) is 0 Å². The van der Waals surface area contributed by atoms with Gasteiger partial charge >= 0.3 is 11.9 Å². The van der Waals surface area contributed by atoms with Gasteiger partial charge in [-0.05, 0) is 42.9 Å². The molecular formula is C14H17NO4. The van der Waals surface area contributed by atoms with Crippen molar-refractivity contribution in [2.24, 2.45) is 5.73 Å². The van der Waals surface area contributed by atoms with Gasteiger partial charge in [-0.25, -0.2) is 4.79 Å². The molecule has 1 aliphatic rings. The summed E-state index contributed by atoms with van der Waals surface area (Å²) in [7, 11) is 1.34. The fourth-order valence-electron chi connectivity index (χ4n) is 2.65. The van der Waals surface area contributed by atoms with E-state index in [0.29, 0.717) is 12.8 Å². The number of carbonyl (C=O) groups excluding carboxylic acids is 1. The van der Waals surface area contributed by atoms with Crippen LogP contribution in [0.3, 0.4) is 0 Å². The highest BCUT2D eigenvalue weighted by atomic mass is 16.5. The summed E-state index contributed by atoms with van der Waals surface area (Å²) in [6, 6.07) is 6.73. The highest BCUT2D eigenvalue weighted by molar-refractivity contribution is 5.87. The number of carboxylic acid groups (broad SMARTS) is 1. The van der Waals surface area contributed by atoms with Gasteiger partial charge in [-0.1, -0.05) is 12.1 Å². The third kappa shape index (κ3) is 2.61. The van der Waals surface area contributed by atoms with E-state index in [1.807, 2.05) is 0 Å². The van der Waals surface area contributed by atoms with Gasteiger partial charge in [-0.2, -0.15) is 0 Å². The van der Waals surface area contributed by atoms with Crippen molar-refractivity contribution < 1.29 is 19.4 Å². The lowest BCUT2D eigenvalue weighted by Crippen LogP contribution is -2.46. The number of esters is 1. The summed E-state index contributed by atoms with van der Waals surface area (Å²) in [5, 5.41) is 8.85. The largest absolute Gasteiger partial charge is 0.478 e. The van der Waals surface area contributed by atoms with Crippen LogP contribution in [0.5, 0.6) is 0 Å². The van der Waals surface area contributed by atoms with Crippen LogP contribution in [0.2, 0.25) is 0 Å². The second-order valence-corrected chi connectivity index (χ2v) is 5.01. The smallest absolute Gasteiger partial charge is 0.335 e. The zero-order valence-electron chi connectivity index (χ0n) is 10.8. The lowest BCUT2D eigenvalue weighted by molar-refractivity contribution is -0.146. The number of hydrogen-bond acceptors (Lipinski definition) is 4. The topological polar surface area (TPSA) is 89.6 Å². The molecular weight excluding hydrogens is 246 g/mol. The Morgan fingerprint density at radius 2 is 2.00 bits per heavy atom. The number of nitrogens with two attached hydrogens (primary N) is 1. The Morgan fingerprint density at radius 1 is 1.37 bits per heavy atom. The van der Waals surface area contributed by atoms with Gasteiger partial charge < -0.3 is 15.6 Å². The Labute approximate surface area is 111 Å². The Hall–Kier alpha value is -1.88. The van der Waals surface area contributed by atoms with E-state index < -0.39 is 11.5 Å². The van der Waals surface area contributed by atoms with E-state index in [-0.39, 0.29) is 17.5 Å². The van der Waals surface area contributed by atoms with Crippen LogP contribution in [-0.4, -0.2) is 29.7 Å². The summed E-state index contributed by atoms with van der Waals surface area (Å²) in [5.41, 5.74) is 6.41. The minimum atomic E-state index is -0.944. The van der Waals surface area contributed by atoms with Gasteiger partial charge in [-0.15, -0.1) is 0 Å². The molecule has 3 N–H and O–H groups in total. The van der Waals surface area contributed by atoms with E-state index in [4.69, 9.17) is 15.6 Å². The molecule has 0 bridgehead atoms. The Kier molecular flexibility index (Phi) is 3.57. The van der Waals surface area contributed by atoms with Gasteiger partial charge in [0.15, 0.2) is 0 Å². The maximum Gasteiger partial charge on any atom is 0.335 e. The summed E-state index contributed by atoms with van der Waals surface area (Å²) >= 11 is 0. The average Bonchev–Trinajstić information content (AvgIpc) is 2.82. The molecule has 1 aromatic carbocycles. The predicted octanol–water partition coefficient (Wildman–Crippen LogP) is 1.52. The molecule has 1 saturated carbocycles. The number of methoxy groups -OCH3 is 1. The van der Waals surface area contributed by atoms with E-state index >= 15 is 0 Å². The lowest BCUT2D eigenvalue weighted by Gasteiger charge is -2.20. The Balaban J connectivity index is 2.12. The van der Waals surface area contributed by atoms with Crippen molar-refractivity contribution in [3.63, 3.8) is 0 Å². The molecule has 0 saturated heterocycles. The molecule has 2 atom stereocenters. The Morgan fingerprint density at radius 3 is 2.53 bits per heavy atom. The van der Waals surface area contributed by atoms with Crippen molar-refractivity contribution in [2.45, 2.75) is 30.7 Å². The highest BCUT2D eigenvalue weighted by Gasteiger charge is 2.43. The molecule has 2 rings (SSSR count). The van der Waals surface area contributed by atoms with Crippen molar-refractivity contribution in [2.75, 3.05) is 7.11 Å². The molecule has 5 heteroatoms. The third-order valence-electron chi connectivity index (χ3n) is 3.77. The first-order valence-corrected chi connectivity index (χ1v) is 6.17. The van der Waals surface area contributed by atoms with Crippen LogP contribution in [0.25, 0.3) is 0 Å². The molecule has 0 amide bonds. The normalized spacial score (nSPS) is 26.1. The van der Waals surface area contributed by atoms with Crippen molar-refractivity contribution in [1.29, 1.82) is 0 Å². The molecule has 0 heterocycles. The Bertz CT molecular complexity index is 497. The van der Waals surface area contributed by atoms with Crippen molar-refractivity contribution in [3.05, 3.63) is 35.4 Å². The maximum absolute atomic E-state index is 11.6. The van der Waals surface area contributed by atoms with Crippen LogP contribution >= 0.6 is 0 Å². The van der Waals surface area contributed by atoms with Gasteiger partial charge in [0, 0.05) is 0 Å². The molecule has 1 aliphatic carbocycles. The molecule has 0 radical (unpaired) electrons. The van der Waals surface area contributed by atoms with Crippen LogP contribution < -0.4 is 5.73 Å². The molecule has 5 nitrogen and oxygen atoms in total. The van der Waals surface area contributed by atoms with Crippen molar-refractivity contribution >= 4 is 11.9 Å². The summed E-state index contributed by atoms with van der Waals surface area (Å²) in [6.07, 6.45) is 1.93. The van der Waals surface area contributed by atoms with Gasteiger partial charge in [0.25, 0.3) is 0 Å². The third-order valence-corrected chi connectivity index (χ3v) is 3.77. The molecule has 1 aromatic rings. The standard InChI is InChI=1S/C14H17NO4/c1-19-13(18)14(15)7-6-11(8-14)9-2-4-10(5-3-9)12(16)17/h2-5,11H,6-8,15H2,1H3,(H,16,17)/t11-,14-/m1/s1. The van der Waals surface area contributed by atoms with Gasteiger partial charge in [-0.3, -0.25) is 4.79 Å². The number of hydrogen-bond donors (Lipinski definition) is 2. The van der Waals surface area contributed by atoms with E-state index in [2.05, 4.69) is 0 Å². The fourth-order valence-corrected chi connectivity index (χ4v) is 2.65. The zero-order valence-corrected chi connectivity index (χ0v) is 10.8. The fraction of sp³-hybridized carbons (Fsp3) is 0.429. The zero-order chi connectivity index (χ0) is 14.0. The van der Waals surface area contributed by atoms with Crippen LogP contribution in [0.1, 0.15) is 41.1 Å². The number of aromatic carboxylic acids is 1. The van der Waals surface area contributed by atoms with E-state index in [1.54, 1.807) is 24.3 Å². The minimum Gasteiger partial charge on any atom is -0.478 e. The summed E-state index contributed by atoms with van der Waals surface area (Å²) in [4.78, 5) is 22.4. The quantitative estimate of drug-likeness (QED) is 0.807. The van der Waals surface area contributed by atoms with Crippen molar-refractivity contribution in [3.8, 4) is 0 Å². The average molecular weight is 263 g/mol. The summed E-state index contributed by atoms with van der Waals surface area (Å²) in [6.45, 7) is 0. The SMILES string of the molecule is COC(=O)[C@@]1(N)CC[C@@H](c2ccc(C(=O)O)cc2)C1. The summed E-state index contributed by atoms with van der Waals surface area (Å²) in [5.74, 6) is -1.15. The second kappa shape index (κ2) is 5.01. The second-order valence-electron chi connectivity index (χ2n) is 5.01. The molecule has 0 aromatic heterocycles. The van der Waals surface area contributed by atoms with E-state index in [0.717, 1.165) is 12.0 Å². The first-order valence-electron chi connectivity index (χ1n) is 6.17. The van der Waals surface area contributed by atoms with Crippen LogP contribution in [-0.2, 0) is 9.53 Å². The molecule has 19 heavy (non-hydrogen) atoms. The number of rotatable bonds is 3. The van der Waals surface area contributed by atoms with E-state index in [9.17, 15) is 9.59 Å². The molecule has 102 valence electrons. The monoisotopic (exact) mass is 263 g/mol. The molecule has 0 aliphatic heterocycles. The molecule has 0 spiro atoms. The first-order chi connectivity index (χ1) is 8.96. The van der Waals surface area contributed by atoms with Gasteiger partial charge in [0.2, 0.25) is 0 Å². The van der Waals surface area contributed by atoms with Crippen LogP contribution in [0, 0.1) is 0 Å². The lowest BCUT2D eigenvalue weighted by atomic mass is 9.92. The number of benzene rings is 1. The van der Waals surface area contributed by atoms with Crippen LogP contribution in [0.15, 0.2) is 24.3 Å². The first kappa shape index (κ1) is 13.5. The number of ether oxygens (including phenoxy) is 1. The predicted molar refractivity (Wildman–Crippen MR) is 68.9 cm³/mol. The van der Waals surface area contributed by atoms with Crippen molar-refractivity contribution in [1.82, 2.24) is 0 Å². The van der Waals surface area contributed by atoms with Gasteiger partial charge in [0.05, 0.1) is 12.7 Å². The number of carbonyl (C=O) groups is 2. The number of carboxylic acids is 1. The van der Waals surface area contributed by atoms with Gasteiger partial charge in [0.1, 0.15) is 5.54 Å². The van der Waals surface area contributed by atoms with E-state index in [1.165, 1.54) is 7.11 Å². The highest BCUT2D eigenvalue weighted by Crippen LogP contribution is 2.40. The maximum atomic E-state index is 11.6.